The summed E-state index contributed by atoms with van der Waals surface area (Å²) in [5.41, 5.74) is 3.35. The first-order valence-corrected chi connectivity index (χ1v) is 9.97. The standard InChI is InChI=1S/C14H29N4O6P/c1-4-5-8-17-25(23,24-3)9-16-13(20)10(2)18-12(19)7-6-11(15)14(21)22/h10-11H,4-9,15H2,1-3H3,(H,16,20)(H,17,23)(H,18,19)(H,21,22)/t10-,11-,25?/m0/s1. The number of carboxylic acid groups (broad SMARTS) is 1. The molecule has 10 nitrogen and oxygen atoms in total. The second kappa shape index (κ2) is 12.0. The Bertz CT molecular complexity index is 502. The van der Waals surface area contributed by atoms with Crippen LogP contribution in [0.3, 0.4) is 0 Å². The van der Waals surface area contributed by atoms with E-state index >= 15 is 0 Å². The van der Waals surface area contributed by atoms with Crippen molar-refractivity contribution in [2.75, 3.05) is 19.9 Å². The van der Waals surface area contributed by atoms with Crippen LogP contribution in [-0.2, 0) is 23.5 Å². The zero-order valence-electron chi connectivity index (χ0n) is 15.0. The number of hydrogen-bond donors (Lipinski definition) is 4. The van der Waals surface area contributed by atoms with Gasteiger partial charge in [0.05, 0.1) is 5.97 Å². The van der Waals surface area contributed by atoms with Gasteiger partial charge in [-0.15, -0.1) is 0 Å². The van der Waals surface area contributed by atoms with Crippen LogP contribution in [0.2, 0.25) is 0 Å². The van der Waals surface area contributed by atoms with Crippen LogP contribution in [0, 0.1) is 0 Å². The number of hydrogen-bond acceptors (Lipinski definition) is 6. The van der Waals surface area contributed by atoms with Gasteiger partial charge in [-0.1, -0.05) is 13.3 Å². The van der Waals surface area contributed by atoms with Gasteiger partial charge in [0.2, 0.25) is 11.8 Å². The second-order valence-corrected chi connectivity index (χ2v) is 8.01. The number of aliphatic carboxylic acids is 1. The van der Waals surface area contributed by atoms with Crippen molar-refractivity contribution in [3.05, 3.63) is 0 Å². The third kappa shape index (κ3) is 10.2. The molecule has 2 amide bonds. The van der Waals surface area contributed by atoms with Crippen molar-refractivity contribution in [1.82, 2.24) is 15.7 Å². The lowest BCUT2D eigenvalue weighted by atomic mass is 10.1. The molecule has 0 spiro atoms. The summed E-state index contributed by atoms with van der Waals surface area (Å²) in [6, 6.07) is -1.85. The van der Waals surface area contributed by atoms with Gasteiger partial charge in [-0.25, -0.2) is 5.09 Å². The third-order valence-corrected chi connectivity index (χ3v) is 5.33. The molecule has 0 aromatic rings. The van der Waals surface area contributed by atoms with Crippen LogP contribution in [0.15, 0.2) is 0 Å². The fourth-order valence-corrected chi connectivity index (χ4v) is 2.98. The first-order valence-electron chi connectivity index (χ1n) is 8.16. The van der Waals surface area contributed by atoms with Crippen molar-refractivity contribution >= 4 is 25.3 Å². The van der Waals surface area contributed by atoms with Crippen LogP contribution in [-0.4, -0.2) is 49.8 Å². The third-order valence-electron chi connectivity index (χ3n) is 3.46. The number of amides is 2. The Balaban J connectivity index is 4.29. The van der Waals surface area contributed by atoms with Gasteiger partial charge in [-0.3, -0.25) is 14.2 Å². The van der Waals surface area contributed by atoms with E-state index in [9.17, 15) is 24.1 Å². The topological polar surface area (TPSA) is 164 Å². The summed E-state index contributed by atoms with van der Waals surface area (Å²) in [6.45, 7) is 3.97. The Morgan fingerprint density at radius 1 is 1.32 bits per heavy atom. The minimum atomic E-state index is -3.17. The highest BCUT2D eigenvalue weighted by atomic mass is 31.2. The monoisotopic (exact) mass is 380 g/mol. The lowest BCUT2D eigenvalue weighted by molar-refractivity contribution is -0.438. The van der Waals surface area contributed by atoms with Crippen LogP contribution < -0.4 is 26.6 Å². The van der Waals surface area contributed by atoms with Gasteiger partial charge in [0.1, 0.15) is 18.4 Å². The van der Waals surface area contributed by atoms with Crippen LogP contribution in [0.5, 0.6) is 0 Å². The quantitative estimate of drug-likeness (QED) is 0.211. The summed E-state index contributed by atoms with van der Waals surface area (Å²) in [6.07, 6.45) is 1.49. The highest BCUT2D eigenvalue weighted by molar-refractivity contribution is 7.56. The number of carbonyl (C=O) groups excluding carboxylic acids is 3. The highest BCUT2D eigenvalue weighted by Gasteiger charge is 2.24. The Morgan fingerprint density at radius 3 is 2.48 bits per heavy atom. The zero-order chi connectivity index (χ0) is 19.5. The molecular formula is C14H29N4O6P. The highest BCUT2D eigenvalue weighted by Crippen LogP contribution is 2.39. The van der Waals surface area contributed by atoms with E-state index in [2.05, 4.69) is 21.5 Å². The zero-order valence-corrected chi connectivity index (χ0v) is 15.9. The molecule has 0 radical (unpaired) electrons. The van der Waals surface area contributed by atoms with Crippen LogP contribution >= 0.6 is 7.52 Å². The first kappa shape index (κ1) is 23.5. The molecule has 0 aliphatic heterocycles. The molecule has 0 heterocycles. The lowest BCUT2D eigenvalue weighted by Crippen LogP contribution is -2.68. The number of carboxylic acids is 1. The number of rotatable bonds is 13. The summed E-state index contributed by atoms with van der Waals surface area (Å²) >= 11 is 0. The molecule has 0 rings (SSSR count). The smallest absolute Gasteiger partial charge is 0.288 e. The Kier molecular flexibility index (Phi) is 11.3. The largest absolute Gasteiger partial charge is 0.544 e. The molecule has 1 unspecified atom stereocenters. The maximum Gasteiger partial charge on any atom is 0.288 e. The van der Waals surface area contributed by atoms with Gasteiger partial charge in [0.25, 0.3) is 7.52 Å². The summed E-state index contributed by atoms with van der Waals surface area (Å²) < 4.78 is 17.3. The van der Waals surface area contributed by atoms with Crippen LogP contribution in [0.1, 0.15) is 39.5 Å². The molecule has 146 valence electrons. The molecule has 0 bridgehead atoms. The van der Waals surface area contributed by atoms with Crippen molar-refractivity contribution < 1.29 is 34.3 Å². The van der Waals surface area contributed by atoms with Crippen LogP contribution in [0.25, 0.3) is 0 Å². The van der Waals surface area contributed by atoms with E-state index in [0.717, 1.165) is 12.8 Å². The van der Waals surface area contributed by atoms with Gasteiger partial charge >= 0.3 is 0 Å². The predicted octanol–water partition coefficient (Wildman–Crippen LogP) is -2.07. The number of nitrogens with one attached hydrogen (secondary N) is 3. The number of quaternary nitrogens is 1. The molecule has 0 saturated heterocycles. The van der Waals surface area contributed by atoms with E-state index in [1.54, 1.807) is 0 Å². The summed E-state index contributed by atoms with van der Waals surface area (Å²) in [4.78, 5) is 34.2. The van der Waals surface area contributed by atoms with Crippen molar-refractivity contribution in [2.45, 2.75) is 51.6 Å². The van der Waals surface area contributed by atoms with Crippen molar-refractivity contribution in [2.24, 2.45) is 0 Å². The van der Waals surface area contributed by atoms with Gasteiger partial charge in [0, 0.05) is 26.5 Å². The summed E-state index contributed by atoms with van der Waals surface area (Å²) in [5, 5.41) is 18.2. The lowest BCUT2D eigenvalue weighted by Gasteiger charge is -2.20. The van der Waals surface area contributed by atoms with E-state index in [-0.39, 0.29) is 19.1 Å². The SMILES string of the molecule is CCCCNP(=O)(CNC(=O)[C@H](C)NC(=O)CC[C@H]([NH3+])C(=O)[O-])OC. The summed E-state index contributed by atoms with van der Waals surface area (Å²) in [5.74, 6) is -2.33. The van der Waals surface area contributed by atoms with Crippen molar-refractivity contribution in [3.63, 3.8) is 0 Å². The molecule has 25 heavy (non-hydrogen) atoms. The Hall–Kier alpha value is -1.48. The average Bonchev–Trinajstić information content (AvgIpc) is 2.57. The molecule has 0 fully saturated rings. The molecular weight excluding hydrogens is 351 g/mol. The number of carbonyl (C=O) groups is 3. The van der Waals surface area contributed by atoms with Crippen LogP contribution in [0.4, 0.5) is 0 Å². The molecule has 0 aromatic heterocycles. The molecule has 0 aliphatic carbocycles. The van der Waals surface area contributed by atoms with Gasteiger partial charge in [-0.2, -0.15) is 0 Å². The fourth-order valence-electron chi connectivity index (χ4n) is 1.75. The minimum absolute atomic E-state index is 0.0166. The van der Waals surface area contributed by atoms with E-state index in [4.69, 9.17) is 4.52 Å². The molecule has 0 aliphatic rings. The second-order valence-electron chi connectivity index (χ2n) is 5.66. The van der Waals surface area contributed by atoms with E-state index < -0.39 is 37.4 Å². The van der Waals surface area contributed by atoms with Crippen molar-refractivity contribution in [1.29, 1.82) is 0 Å². The normalized spacial score (nSPS) is 15.7. The molecule has 0 saturated carbocycles. The molecule has 0 aromatic carbocycles. The van der Waals surface area contributed by atoms with Gasteiger partial charge in [-0.05, 0) is 13.3 Å². The molecule has 6 N–H and O–H groups in total. The first-order chi connectivity index (χ1) is 11.6. The average molecular weight is 380 g/mol. The van der Waals surface area contributed by atoms with Gasteiger partial charge in [0.15, 0.2) is 0 Å². The van der Waals surface area contributed by atoms with Crippen molar-refractivity contribution in [3.8, 4) is 0 Å². The molecule has 11 heteroatoms. The maximum atomic E-state index is 12.3. The summed E-state index contributed by atoms with van der Waals surface area (Å²) in [7, 11) is -1.87. The fraction of sp³-hybridized carbons (Fsp3) is 0.786. The maximum absolute atomic E-state index is 12.3. The number of unbranched alkanes of at least 4 members (excludes halogenated alkanes) is 1. The van der Waals surface area contributed by atoms with E-state index in [1.165, 1.54) is 14.0 Å². The van der Waals surface area contributed by atoms with Gasteiger partial charge < -0.3 is 30.8 Å². The Labute approximate surface area is 147 Å². The molecule has 3 atom stereocenters. The van der Waals surface area contributed by atoms with E-state index in [1.807, 2.05) is 6.92 Å². The Morgan fingerprint density at radius 2 is 1.96 bits per heavy atom. The van der Waals surface area contributed by atoms with E-state index in [0.29, 0.717) is 6.54 Å². The predicted molar refractivity (Wildman–Crippen MR) is 89.1 cm³/mol. The minimum Gasteiger partial charge on any atom is -0.544 e.